The monoisotopic (exact) mass is 530 g/mol. The Labute approximate surface area is 221 Å². The average Bonchev–Trinajstić information content (AvgIpc) is 3.33. The van der Waals surface area contributed by atoms with Gasteiger partial charge in [-0.15, -0.1) is 0 Å². The van der Waals surface area contributed by atoms with E-state index in [1.165, 1.54) is 18.9 Å². The molecule has 200 valence electrons. The SMILES string of the molecule is CCC1=C(C(=O)OC)[C@H](c2cc(OC)cc(OC)c2)N2C(CC(=O)NCCN3CCOCC3)=CSC2=N1. The molecule has 0 saturated carbocycles. The van der Waals surface area contributed by atoms with Gasteiger partial charge in [0.2, 0.25) is 5.91 Å². The van der Waals surface area contributed by atoms with E-state index in [4.69, 9.17) is 23.9 Å². The summed E-state index contributed by atoms with van der Waals surface area (Å²) in [6.07, 6.45) is 0.708. The predicted octanol–water partition coefficient (Wildman–Crippen LogP) is 2.68. The van der Waals surface area contributed by atoms with Crippen molar-refractivity contribution in [3.63, 3.8) is 0 Å². The quantitative estimate of drug-likeness (QED) is 0.458. The topological polar surface area (TPSA) is 102 Å². The Hall–Kier alpha value is -3.02. The lowest BCUT2D eigenvalue weighted by Crippen LogP contribution is -2.42. The lowest BCUT2D eigenvalue weighted by Gasteiger charge is -2.36. The highest BCUT2D eigenvalue weighted by atomic mass is 32.2. The second-order valence-corrected chi connectivity index (χ2v) is 9.56. The van der Waals surface area contributed by atoms with Gasteiger partial charge in [0.1, 0.15) is 11.5 Å². The van der Waals surface area contributed by atoms with Gasteiger partial charge in [-0.2, -0.15) is 0 Å². The van der Waals surface area contributed by atoms with Crippen molar-refractivity contribution in [1.82, 2.24) is 15.1 Å². The first-order valence-corrected chi connectivity index (χ1v) is 13.2. The third kappa shape index (κ3) is 6.11. The summed E-state index contributed by atoms with van der Waals surface area (Å²) in [4.78, 5) is 35.0. The molecular weight excluding hydrogens is 496 g/mol. The molecule has 1 amide bonds. The molecule has 1 atom stereocenters. The van der Waals surface area contributed by atoms with Gasteiger partial charge >= 0.3 is 5.97 Å². The fraction of sp³-hybridized carbons (Fsp3) is 0.500. The smallest absolute Gasteiger partial charge is 0.338 e. The van der Waals surface area contributed by atoms with Gasteiger partial charge in [0.15, 0.2) is 5.17 Å². The van der Waals surface area contributed by atoms with E-state index in [1.807, 2.05) is 29.4 Å². The number of ether oxygens (including phenoxy) is 4. The molecule has 1 N–H and O–H groups in total. The average molecular weight is 531 g/mol. The number of esters is 1. The first-order chi connectivity index (χ1) is 18.0. The molecule has 1 aromatic carbocycles. The number of carbonyl (C=O) groups is 2. The van der Waals surface area contributed by atoms with Crippen LogP contribution in [0.15, 0.2) is 45.6 Å². The van der Waals surface area contributed by atoms with E-state index in [1.54, 1.807) is 20.3 Å². The summed E-state index contributed by atoms with van der Waals surface area (Å²) in [7, 11) is 4.53. The number of carbonyl (C=O) groups excluding carboxylic acids is 2. The Morgan fingerprint density at radius 1 is 1.14 bits per heavy atom. The molecule has 0 radical (unpaired) electrons. The first-order valence-electron chi connectivity index (χ1n) is 12.3. The van der Waals surface area contributed by atoms with Crippen LogP contribution in [0.3, 0.4) is 0 Å². The fourth-order valence-corrected chi connectivity index (χ4v) is 5.56. The van der Waals surface area contributed by atoms with E-state index in [-0.39, 0.29) is 12.3 Å². The molecule has 0 spiro atoms. The second-order valence-electron chi connectivity index (χ2n) is 8.73. The number of nitrogens with zero attached hydrogens (tertiary/aromatic N) is 3. The highest BCUT2D eigenvalue weighted by Gasteiger charge is 2.41. The summed E-state index contributed by atoms with van der Waals surface area (Å²) in [6, 6.07) is 4.97. The maximum absolute atomic E-state index is 13.1. The number of rotatable bonds is 10. The number of methoxy groups -OCH3 is 3. The molecule has 10 nitrogen and oxygen atoms in total. The van der Waals surface area contributed by atoms with Gasteiger partial charge in [-0.3, -0.25) is 9.69 Å². The van der Waals surface area contributed by atoms with Crippen molar-refractivity contribution < 1.29 is 28.5 Å². The van der Waals surface area contributed by atoms with Crippen molar-refractivity contribution in [3.05, 3.63) is 46.1 Å². The van der Waals surface area contributed by atoms with Crippen molar-refractivity contribution in [2.75, 3.05) is 60.7 Å². The third-order valence-corrected chi connectivity index (χ3v) is 7.40. The molecule has 0 bridgehead atoms. The van der Waals surface area contributed by atoms with E-state index >= 15 is 0 Å². The Morgan fingerprint density at radius 3 is 2.46 bits per heavy atom. The van der Waals surface area contributed by atoms with Gasteiger partial charge in [0.25, 0.3) is 0 Å². The van der Waals surface area contributed by atoms with Crippen LogP contribution in [0.5, 0.6) is 11.5 Å². The maximum Gasteiger partial charge on any atom is 0.338 e. The van der Waals surface area contributed by atoms with E-state index in [0.717, 1.165) is 44.1 Å². The van der Waals surface area contributed by atoms with E-state index in [2.05, 4.69) is 10.2 Å². The zero-order chi connectivity index (χ0) is 26.4. The van der Waals surface area contributed by atoms with Crippen LogP contribution in [-0.2, 0) is 19.1 Å². The van der Waals surface area contributed by atoms with Crippen molar-refractivity contribution in [2.24, 2.45) is 4.99 Å². The Balaban J connectivity index is 1.60. The van der Waals surface area contributed by atoms with Crippen LogP contribution < -0.4 is 14.8 Å². The molecule has 3 aliphatic heterocycles. The molecule has 3 heterocycles. The van der Waals surface area contributed by atoms with Crippen LogP contribution in [0.4, 0.5) is 0 Å². The van der Waals surface area contributed by atoms with E-state index in [0.29, 0.717) is 40.9 Å². The van der Waals surface area contributed by atoms with Crippen LogP contribution in [0.1, 0.15) is 31.4 Å². The summed E-state index contributed by atoms with van der Waals surface area (Å²) in [5.74, 6) is 0.642. The number of allylic oxidation sites excluding steroid dienone is 1. The largest absolute Gasteiger partial charge is 0.497 e. The summed E-state index contributed by atoms with van der Waals surface area (Å²) in [6.45, 7) is 6.49. The maximum atomic E-state index is 13.1. The van der Waals surface area contributed by atoms with Crippen LogP contribution in [0.2, 0.25) is 0 Å². The molecular formula is C26H34N4O6S. The lowest BCUT2D eigenvalue weighted by molar-refractivity contribution is -0.136. The number of benzene rings is 1. The molecule has 3 aliphatic rings. The van der Waals surface area contributed by atoms with Gasteiger partial charge in [-0.25, -0.2) is 9.79 Å². The summed E-state index contributed by atoms with van der Waals surface area (Å²) in [5, 5.41) is 5.67. The molecule has 1 saturated heterocycles. The van der Waals surface area contributed by atoms with E-state index in [9.17, 15) is 9.59 Å². The van der Waals surface area contributed by atoms with Crippen LogP contribution >= 0.6 is 11.8 Å². The zero-order valence-electron chi connectivity index (χ0n) is 21.7. The number of amidine groups is 1. The first kappa shape index (κ1) is 27.0. The van der Waals surface area contributed by atoms with Gasteiger partial charge < -0.3 is 29.2 Å². The lowest BCUT2D eigenvalue weighted by atomic mass is 9.92. The molecule has 0 aliphatic carbocycles. The third-order valence-electron chi connectivity index (χ3n) is 6.51. The molecule has 1 fully saturated rings. The zero-order valence-corrected chi connectivity index (χ0v) is 22.6. The van der Waals surface area contributed by atoms with Crippen molar-refractivity contribution in [3.8, 4) is 11.5 Å². The normalized spacial score (nSPS) is 19.7. The van der Waals surface area contributed by atoms with E-state index < -0.39 is 12.0 Å². The van der Waals surface area contributed by atoms with Gasteiger partial charge in [-0.1, -0.05) is 18.7 Å². The van der Waals surface area contributed by atoms with Crippen LogP contribution in [0.25, 0.3) is 0 Å². The molecule has 11 heteroatoms. The number of hydrogen-bond donors (Lipinski definition) is 1. The number of thioether (sulfide) groups is 1. The molecule has 37 heavy (non-hydrogen) atoms. The highest BCUT2D eigenvalue weighted by molar-refractivity contribution is 8.16. The Bertz CT molecular complexity index is 1090. The molecule has 0 aromatic heterocycles. The number of amides is 1. The second kappa shape index (κ2) is 12.5. The van der Waals surface area contributed by atoms with Crippen molar-refractivity contribution >= 4 is 28.8 Å². The molecule has 0 unspecified atom stereocenters. The van der Waals surface area contributed by atoms with Crippen LogP contribution in [0, 0.1) is 0 Å². The number of nitrogens with one attached hydrogen (secondary N) is 1. The summed E-state index contributed by atoms with van der Waals surface area (Å²) < 4.78 is 21.6. The van der Waals surface area contributed by atoms with Crippen LogP contribution in [-0.4, -0.2) is 87.6 Å². The van der Waals surface area contributed by atoms with Gasteiger partial charge in [0, 0.05) is 37.9 Å². The highest BCUT2D eigenvalue weighted by Crippen LogP contribution is 2.46. The fourth-order valence-electron chi connectivity index (χ4n) is 4.62. The number of morpholine rings is 1. The predicted molar refractivity (Wildman–Crippen MR) is 141 cm³/mol. The number of hydrogen-bond acceptors (Lipinski definition) is 10. The Kier molecular flexibility index (Phi) is 9.12. The summed E-state index contributed by atoms with van der Waals surface area (Å²) in [5.41, 5.74) is 2.62. The Morgan fingerprint density at radius 2 is 1.84 bits per heavy atom. The van der Waals surface area contributed by atoms with Crippen molar-refractivity contribution in [1.29, 1.82) is 0 Å². The number of fused-ring (bicyclic) bond motifs is 1. The summed E-state index contributed by atoms with van der Waals surface area (Å²) >= 11 is 1.44. The minimum atomic E-state index is -0.554. The minimum absolute atomic E-state index is 0.0896. The molecule has 1 aromatic rings. The molecule has 4 rings (SSSR count). The van der Waals surface area contributed by atoms with Gasteiger partial charge in [0.05, 0.1) is 58.3 Å². The van der Waals surface area contributed by atoms with Gasteiger partial charge in [-0.05, 0) is 29.5 Å². The minimum Gasteiger partial charge on any atom is -0.497 e. The number of aliphatic imine (C=N–C) groups is 1. The van der Waals surface area contributed by atoms with Crippen molar-refractivity contribution in [2.45, 2.75) is 25.8 Å². The standard InChI is InChI=1S/C26H34N4O6S/c1-5-21-23(25(32)35-4)24(17-12-19(33-2)15-20(13-17)34-3)30-18(16-37-26(30)28-21)14-22(31)27-6-7-29-8-10-36-11-9-29/h12-13,15-16,24H,5-11,14H2,1-4H3,(H,27,31)/t24-/m0/s1.